The lowest BCUT2D eigenvalue weighted by Gasteiger charge is -2.24. The molecule has 0 aliphatic heterocycles. The van der Waals surface area contributed by atoms with Crippen LogP contribution in [0.1, 0.15) is 32.3 Å². The number of benzene rings is 2. The Kier molecular flexibility index (Phi) is 5.88. The molecule has 9 heteroatoms. The molecule has 2 aromatic rings. The van der Waals surface area contributed by atoms with Crippen molar-refractivity contribution in [2.45, 2.75) is 48.0 Å². The molecule has 3 rings (SSSR count). The maximum atomic E-state index is 13.4. The number of hydrogen-bond donors (Lipinski definition) is 2. The second-order valence-electron chi connectivity index (χ2n) is 8.32. The monoisotopic (exact) mass is 454 g/mol. The molecule has 0 heterocycles. The van der Waals surface area contributed by atoms with Crippen LogP contribution >= 0.6 is 11.6 Å². The fourth-order valence-corrected chi connectivity index (χ4v) is 6.18. The number of amides is 1. The standard InChI is InChI=1S/C21H24ClFN2O4S/c1-20(2,3)29-19(26)25-21(12-24)17(13-4-8-15(23)9-5-13)18(21)30(27,28)16-10-6-14(22)7-11-16/h4-11,17-18H,12,24H2,1-3H3,(H,25,26)/t17-,18+,21+/m1/s1. The quantitative estimate of drug-likeness (QED) is 0.718. The van der Waals surface area contributed by atoms with Crippen LogP contribution in [0.15, 0.2) is 53.4 Å². The SMILES string of the molecule is CC(C)(C)OC(=O)N[C@@]1(CN)[C@H](c2ccc(F)cc2)[C@@H]1S(=O)(=O)c1ccc(Cl)cc1. The third-order valence-corrected chi connectivity index (χ3v) is 7.58. The van der Waals surface area contributed by atoms with E-state index in [1.807, 2.05) is 0 Å². The summed E-state index contributed by atoms with van der Waals surface area (Å²) in [6.07, 6.45) is -0.770. The number of ether oxygens (including phenoxy) is 1. The van der Waals surface area contributed by atoms with Crippen LogP contribution < -0.4 is 11.1 Å². The molecule has 1 aliphatic carbocycles. The Morgan fingerprint density at radius 2 is 1.73 bits per heavy atom. The minimum Gasteiger partial charge on any atom is -0.444 e. The van der Waals surface area contributed by atoms with Crippen LogP contribution in [0, 0.1) is 5.82 Å². The van der Waals surface area contributed by atoms with Gasteiger partial charge in [-0.05, 0) is 62.7 Å². The number of nitrogens with two attached hydrogens (primary N) is 1. The van der Waals surface area contributed by atoms with Gasteiger partial charge in [0.25, 0.3) is 0 Å². The van der Waals surface area contributed by atoms with E-state index < -0.39 is 44.1 Å². The molecule has 0 radical (unpaired) electrons. The van der Waals surface area contributed by atoms with Gasteiger partial charge in [-0.3, -0.25) is 0 Å². The molecule has 0 bridgehead atoms. The average Bonchev–Trinajstić information content (AvgIpc) is 3.30. The average molecular weight is 455 g/mol. The van der Waals surface area contributed by atoms with Gasteiger partial charge in [-0.25, -0.2) is 17.6 Å². The van der Waals surface area contributed by atoms with Gasteiger partial charge in [0.05, 0.1) is 10.4 Å². The number of nitrogens with one attached hydrogen (secondary N) is 1. The molecule has 3 atom stereocenters. The second-order valence-corrected chi connectivity index (χ2v) is 10.8. The Morgan fingerprint density at radius 1 is 1.17 bits per heavy atom. The molecule has 0 unspecified atom stereocenters. The van der Waals surface area contributed by atoms with E-state index in [-0.39, 0.29) is 11.4 Å². The maximum absolute atomic E-state index is 13.4. The first kappa shape index (κ1) is 22.5. The van der Waals surface area contributed by atoms with E-state index in [4.69, 9.17) is 22.1 Å². The molecule has 0 saturated heterocycles. The summed E-state index contributed by atoms with van der Waals surface area (Å²) in [5, 5.41) is 2.04. The highest BCUT2D eigenvalue weighted by Crippen LogP contribution is 2.57. The number of rotatable bonds is 5. The van der Waals surface area contributed by atoms with Gasteiger partial charge in [0, 0.05) is 17.5 Å². The summed E-state index contributed by atoms with van der Waals surface area (Å²) in [4.78, 5) is 12.6. The number of hydrogen-bond acceptors (Lipinski definition) is 5. The topological polar surface area (TPSA) is 98.5 Å². The molecule has 6 nitrogen and oxygen atoms in total. The third kappa shape index (κ3) is 4.31. The molecule has 1 amide bonds. The van der Waals surface area contributed by atoms with Gasteiger partial charge >= 0.3 is 6.09 Å². The zero-order valence-corrected chi connectivity index (χ0v) is 18.4. The van der Waals surface area contributed by atoms with Gasteiger partial charge in [-0.2, -0.15) is 0 Å². The Balaban J connectivity index is 2.03. The van der Waals surface area contributed by atoms with Crippen molar-refractivity contribution in [2.75, 3.05) is 6.54 Å². The van der Waals surface area contributed by atoms with Gasteiger partial charge < -0.3 is 15.8 Å². The van der Waals surface area contributed by atoms with Crippen molar-refractivity contribution in [3.05, 3.63) is 64.9 Å². The van der Waals surface area contributed by atoms with Crippen LogP contribution in [0.2, 0.25) is 5.02 Å². The summed E-state index contributed by atoms with van der Waals surface area (Å²) in [7, 11) is -3.90. The van der Waals surface area contributed by atoms with Gasteiger partial charge in [0.15, 0.2) is 9.84 Å². The Hall–Kier alpha value is -2.16. The van der Waals surface area contributed by atoms with Crippen molar-refractivity contribution in [1.82, 2.24) is 5.32 Å². The van der Waals surface area contributed by atoms with E-state index in [0.29, 0.717) is 10.6 Å². The van der Waals surface area contributed by atoms with Crippen molar-refractivity contribution in [3.8, 4) is 0 Å². The Morgan fingerprint density at radius 3 is 2.23 bits per heavy atom. The van der Waals surface area contributed by atoms with Crippen molar-refractivity contribution in [1.29, 1.82) is 0 Å². The molecule has 1 fully saturated rings. The summed E-state index contributed by atoms with van der Waals surface area (Å²) in [5.41, 5.74) is 4.49. The van der Waals surface area contributed by atoms with Gasteiger partial charge in [-0.1, -0.05) is 23.7 Å². The molecule has 0 spiro atoms. The largest absolute Gasteiger partial charge is 0.444 e. The highest BCUT2D eigenvalue weighted by atomic mass is 35.5. The Labute approximate surface area is 180 Å². The summed E-state index contributed by atoms with van der Waals surface area (Å²) < 4.78 is 45.6. The molecule has 0 aromatic heterocycles. The van der Waals surface area contributed by atoms with E-state index in [2.05, 4.69) is 5.32 Å². The first-order valence-electron chi connectivity index (χ1n) is 9.37. The van der Waals surface area contributed by atoms with Crippen molar-refractivity contribution in [3.63, 3.8) is 0 Å². The fourth-order valence-electron chi connectivity index (χ4n) is 3.71. The van der Waals surface area contributed by atoms with Crippen molar-refractivity contribution in [2.24, 2.45) is 5.73 Å². The lowest BCUT2D eigenvalue weighted by Crippen LogP contribution is -2.49. The zero-order chi connectivity index (χ0) is 22.3. The van der Waals surface area contributed by atoms with Gasteiger partial charge in [0.2, 0.25) is 0 Å². The summed E-state index contributed by atoms with van der Waals surface area (Å²) in [6, 6.07) is 11.3. The van der Waals surface area contributed by atoms with Gasteiger partial charge in [-0.15, -0.1) is 0 Å². The van der Waals surface area contributed by atoms with E-state index in [0.717, 1.165) is 0 Å². The summed E-state index contributed by atoms with van der Waals surface area (Å²) >= 11 is 5.89. The van der Waals surface area contributed by atoms with Crippen LogP contribution in [0.3, 0.4) is 0 Å². The number of carbonyl (C=O) groups is 1. The van der Waals surface area contributed by atoms with Crippen LogP contribution in [0.25, 0.3) is 0 Å². The van der Waals surface area contributed by atoms with Crippen LogP contribution in [0.4, 0.5) is 9.18 Å². The zero-order valence-electron chi connectivity index (χ0n) is 16.9. The lowest BCUT2D eigenvalue weighted by molar-refractivity contribution is 0.0497. The second kappa shape index (κ2) is 7.83. The minimum atomic E-state index is -3.90. The lowest BCUT2D eigenvalue weighted by atomic mass is 10.1. The third-order valence-electron chi connectivity index (χ3n) is 5.03. The van der Waals surface area contributed by atoms with E-state index in [9.17, 15) is 17.6 Å². The van der Waals surface area contributed by atoms with Crippen LogP contribution in [0.5, 0.6) is 0 Å². The van der Waals surface area contributed by atoms with E-state index in [1.54, 1.807) is 20.8 Å². The van der Waals surface area contributed by atoms with Gasteiger partial charge in [0.1, 0.15) is 16.7 Å². The van der Waals surface area contributed by atoms with E-state index in [1.165, 1.54) is 48.5 Å². The summed E-state index contributed by atoms with van der Waals surface area (Å²) in [6.45, 7) is 4.96. The molecule has 3 N–H and O–H groups in total. The first-order chi connectivity index (χ1) is 13.9. The highest BCUT2D eigenvalue weighted by Gasteiger charge is 2.71. The normalized spacial score (nSPS) is 23.7. The highest BCUT2D eigenvalue weighted by molar-refractivity contribution is 7.92. The number of halogens is 2. The fraction of sp³-hybridized carbons (Fsp3) is 0.381. The van der Waals surface area contributed by atoms with Crippen molar-refractivity contribution < 1.29 is 22.3 Å². The minimum absolute atomic E-state index is 0.0605. The van der Waals surface area contributed by atoms with E-state index >= 15 is 0 Å². The molecule has 30 heavy (non-hydrogen) atoms. The predicted octanol–water partition coefficient (Wildman–Crippen LogP) is 3.64. The molecule has 1 aliphatic rings. The smallest absolute Gasteiger partial charge is 0.408 e. The molecule has 162 valence electrons. The molecular weight excluding hydrogens is 431 g/mol. The number of alkyl carbamates (subject to hydrolysis) is 1. The summed E-state index contributed by atoms with van der Waals surface area (Å²) in [5.74, 6) is -1.12. The van der Waals surface area contributed by atoms with Crippen molar-refractivity contribution >= 4 is 27.5 Å². The first-order valence-corrected chi connectivity index (χ1v) is 11.3. The molecule has 2 aromatic carbocycles. The molecular formula is C21H24ClFN2O4S. The van der Waals surface area contributed by atoms with Crippen LogP contribution in [-0.4, -0.2) is 37.4 Å². The number of carbonyl (C=O) groups excluding carboxylic acids is 1. The Bertz CT molecular complexity index is 1040. The molecule has 1 saturated carbocycles. The van der Waals surface area contributed by atoms with Crippen LogP contribution in [-0.2, 0) is 14.6 Å². The predicted molar refractivity (Wildman–Crippen MR) is 113 cm³/mol. The number of sulfone groups is 1. The maximum Gasteiger partial charge on any atom is 0.408 e.